The highest BCUT2D eigenvalue weighted by atomic mass is 35.5. The molecule has 1 unspecified atom stereocenters. The number of anilines is 1. The molecule has 0 bridgehead atoms. The fraction of sp³-hybridized carbons (Fsp3) is 0.333. The van der Waals surface area contributed by atoms with Crippen LogP contribution in [0.2, 0.25) is 5.02 Å². The van der Waals surface area contributed by atoms with Crippen LogP contribution in [0.1, 0.15) is 47.4 Å². The molecule has 1 aromatic heterocycles. The van der Waals surface area contributed by atoms with Crippen LogP contribution in [0.4, 0.5) is 23.7 Å². The molecule has 0 saturated heterocycles. The molecule has 3 aromatic rings. The van der Waals surface area contributed by atoms with Crippen molar-refractivity contribution in [3.8, 4) is 0 Å². The number of benzene rings is 2. The molecule has 1 aliphatic carbocycles. The van der Waals surface area contributed by atoms with Gasteiger partial charge < -0.3 is 20.9 Å². The number of para-hydroxylation sites is 1. The van der Waals surface area contributed by atoms with Crippen LogP contribution in [-0.4, -0.2) is 29.0 Å². The van der Waals surface area contributed by atoms with Crippen LogP contribution in [0.15, 0.2) is 36.4 Å². The molecule has 0 aliphatic heterocycles. The van der Waals surface area contributed by atoms with Crippen molar-refractivity contribution >= 4 is 40.1 Å². The minimum Gasteiger partial charge on any atom is -0.357 e. The van der Waals surface area contributed by atoms with Crippen LogP contribution in [0.3, 0.4) is 0 Å². The van der Waals surface area contributed by atoms with Gasteiger partial charge in [-0.15, -0.1) is 0 Å². The van der Waals surface area contributed by atoms with Crippen molar-refractivity contribution in [2.45, 2.75) is 51.4 Å². The Hall–Kier alpha value is -3.20. The molecule has 0 fully saturated rings. The molecule has 4 rings (SSSR count). The highest BCUT2D eigenvalue weighted by molar-refractivity contribution is 6.31. The van der Waals surface area contributed by atoms with Crippen LogP contribution in [0, 0.1) is 0 Å². The number of hydrogen-bond donors (Lipinski definition) is 4. The third-order valence-corrected chi connectivity index (χ3v) is 6.08. The van der Waals surface area contributed by atoms with Gasteiger partial charge in [-0.3, -0.25) is 4.79 Å². The summed E-state index contributed by atoms with van der Waals surface area (Å²) >= 11 is 5.64. The third kappa shape index (κ3) is 4.99. The normalized spacial score (nSPS) is 15.8. The number of aromatic amines is 1. The molecule has 6 nitrogen and oxygen atoms in total. The molecular formula is C24H24ClF3N4O2. The number of carbonyl (C=O) groups is 2. The molecule has 1 aliphatic rings. The number of halogens is 4. The van der Waals surface area contributed by atoms with E-state index in [-0.39, 0.29) is 23.7 Å². The van der Waals surface area contributed by atoms with Crippen LogP contribution < -0.4 is 16.0 Å². The minimum atomic E-state index is -4.62. The SMILES string of the molecule is CC(C)NC(=O)c1cccc2c3c([nH]c12)CCC(NC(=O)Nc1ccc(Cl)c(C(F)(F)F)c1)C3. The second-order valence-corrected chi connectivity index (χ2v) is 9.08. The third-order valence-electron chi connectivity index (χ3n) is 5.75. The van der Waals surface area contributed by atoms with Crippen molar-refractivity contribution in [1.29, 1.82) is 0 Å². The quantitative estimate of drug-likeness (QED) is 0.379. The Kier molecular flexibility index (Phi) is 6.49. The van der Waals surface area contributed by atoms with Crippen LogP contribution >= 0.6 is 11.6 Å². The van der Waals surface area contributed by atoms with Gasteiger partial charge in [-0.2, -0.15) is 13.2 Å². The molecule has 34 heavy (non-hydrogen) atoms. The molecule has 0 spiro atoms. The summed E-state index contributed by atoms with van der Waals surface area (Å²) in [5.74, 6) is -0.158. The Labute approximate surface area is 199 Å². The molecule has 1 heterocycles. The second-order valence-electron chi connectivity index (χ2n) is 8.67. The van der Waals surface area contributed by atoms with Crippen molar-refractivity contribution < 1.29 is 22.8 Å². The molecule has 1 atom stereocenters. The number of urea groups is 1. The number of amides is 3. The van der Waals surface area contributed by atoms with Gasteiger partial charge in [-0.25, -0.2) is 4.79 Å². The lowest BCUT2D eigenvalue weighted by atomic mass is 9.91. The predicted octanol–water partition coefficient (Wildman–Crippen LogP) is 5.66. The van der Waals surface area contributed by atoms with Crippen molar-refractivity contribution in [3.63, 3.8) is 0 Å². The summed E-state index contributed by atoms with van der Waals surface area (Å²) in [4.78, 5) is 28.5. The average Bonchev–Trinajstić information content (AvgIpc) is 3.12. The number of rotatable bonds is 4. The lowest BCUT2D eigenvalue weighted by molar-refractivity contribution is -0.137. The Morgan fingerprint density at radius 1 is 1.18 bits per heavy atom. The highest BCUT2D eigenvalue weighted by Gasteiger charge is 2.33. The molecule has 10 heteroatoms. The molecular weight excluding hydrogens is 469 g/mol. The number of alkyl halides is 3. The topological polar surface area (TPSA) is 86.0 Å². The van der Waals surface area contributed by atoms with E-state index in [1.165, 1.54) is 6.07 Å². The number of fused-ring (bicyclic) bond motifs is 3. The van der Waals surface area contributed by atoms with Crippen molar-refractivity contribution in [1.82, 2.24) is 15.6 Å². The van der Waals surface area contributed by atoms with Crippen molar-refractivity contribution in [2.75, 3.05) is 5.32 Å². The maximum Gasteiger partial charge on any atom is 0.417 e. The van der Waals surface area contributed by atoms with E-state index < -0.39 is 22.8 Å². The largest absolute Gasteiger partial charge is 0.417 e. The van der Waals surface area contributed by atoms with E-state index in [1.54, 1.807) is 6.07 Å². The number of H-pyrrole nitrogens is 1. The fourth-order valence-corrected chi connectivity index (χ4v) is 4.49. The first-order valence-electron chi connectivity index (χ1n) is 10.9. The van der Waals surface area contributed by atoms with E-state index in [0.717, 1.165) is 34.3 Å². The monoisotopic (exact) mass is 492 g/mol. The molecule has 2 aromatic carbocycles. The maximum absolute atomic E-state index is 13.1. The molecule has 3 amide bonds. The highest BCUT2D eigenvalue weighted by Crippen LogP contribution is 2.36. The first-order valence-corrected chi connectivity index (χ1v) is 11.3. The first kappa shape index (κ1) is 23.9. The van der Waals surface area contributed by atoms with E-state index in [0.29, 0.717) is 24.8 Å². The molecule has 0 radical (unpaired) electrons. The average molecular weight is 493 g/mol. The zero-order valence-electron chi connectivity index (χ0n) is 18.6. The zero-order chi connectivity index (χ0) is 24.6. The second kappa shape index (κ2) is 9.21. The zero-order valence-corrected chi connectivity index (χ0v) is 19.3. The number of carbonyl (C=O) groups excluding carboxylic acids is 2. The van der Waals surface area contributed by atoms with Gasteiger partial charge in [0, 0.05) is 28.9 Å². The fourth-order valence-electron chi connectivity index (χ4n) is 4.27. The summed E-state index contributed by atoms with van der Waals surface area (Å²) < 4.78 is 39.2. The van der Waals surface area contributed by atoms with E-state index in [2.05, 4.69) is 20.9 Å². The number of hydrogen-bond acceptors (Lipinski definition) is 2. The van der Waals surface area contributed by atoms with Gasteiger partial charge in [0.2, 0.25) is 0 Å². The van der Waals surface area contributed by atoms with E-state index >= 15 is 0 Å². The van der Waals surface area contributed by atoms with E-state index in [4.69, 9.17) is 11.6 Å². The van der Waals surface area contributed by atoms with E-state index in [1.807, 2.05) is 26.0 Å². The van der Waals surface area contributed by atoms with Gasteiger partial charge in [0.05, 0.1) is 21.7 Å². The number of nitrogens with one attached hydrogen (secondary N) is 4. The van der Waals surface area contributed by atoms with Crippen molar-refractivity contribution in [3.05, 3.63) is 63.8 Å². The smallest absolute Gasteiger partial charge is 0.357 e. The summed E-state index contributed by atoms with van der Waals surface area (Å²) in [7, 11) is 0. The van der Waals surface area contributed by atoms with Gasteiger partial charge in [-0.05, 0) is 62.9 Å². The minimum absolute atomic E-state index is 0.00127. The van der Waals surface area contributed by atoms with Gasteiger partial charge in [0.1, 0.15) is 0 Å². The first-order chi connectivity index (χ1) is 16.0. The van der Waals surface area contributed by atoms with Crippen molar-refractivity contribution in [2.24, 2.45) is 0 Å². The Bertz CT molecular complexity index is 1250. The molecule has 180 valence electrons. The summed E-state index contributed by atoms with van der Waals surface area (Å²) in [5.41, 5.74) is 2.36. The standard InChI is InChI=1S/C24H24ClF3N4O2/c1-12(2)29-22(33)16-5-3-4-15-17-10-13(7-9-20(17)32-21(15)16)30-23(34)31-14-6-8-19(25)18(11-14)24(26,27)28/h3-6,8,11-13,32H,7,9-10H2,1-2H3,(H,29,33)(H2,30,31,34). The lowest BCUT2D eigenvalue weighted by Gasteiger charge is -2.24. The van der Waals surface area contributed by atoms with Crippen LogP contribution in [0.25, 0.3) is 10.9 Å². The van der Waals surface area contributed by atoms with Crippen LogP contribution in [-0.2, 0) is 19.0 Å². The number of aromatic nitrogens is 1. The molecule has 0 saturated carbocycles. The Morgan fingerprint density at radius 2 is 1.94 bits per heavy atom. The summed E-state index contributed by atoms with van der Waals surface area (Å²) in [5, 5.41) is 8.69. The lowest BCUT2D eigenvalue weighted by Crippen LogP contribution is -2.41. The number of aryl methyl sites for hydroxylation is 1. The summed E-state index contributed by atoms with van der Waals surface area (Å²) in [6.45, 7) is 3.79. The maximum atomic E-state index is 13.1. The Morgan fingerprint density at radius 3 is 2.65 bits per heavy atom. The molecule has 4 N–H and O–H groups in total. The predicted molar refractivity (Wildman–Crippen MR) is 125 cm³/mol. The van der Waals surface area contributed by atoms with E-state index in [9.17, 15) is 22.8 Å². The van der Waals surface area contributed by atoms with Gasteiger partial charge in [0.15, 0.2) is 0 Å². The summed E-state index contributed by atoms with van der Waals surface area (Å²) in [6, 6.07) is 7.96. The van der Waals surface area contributed by atoms with Gasteiger partial charge >= 0.3 is 12.2 Å². The summed E-state index contributed by atoms with van der Waals surface area (Å²) in [6.07, 6.45) is -2.77. The Balaban J connectivity index is 1.48. The van der Waals surface area contributed by atoms with Gasteiger partial charge in [0.25, 0.3) is 5.91 Å². The van der Waals surface area contributed by atoms with Gasteiger partial charge in [-0.1, -0.05) is 23.7 Å². The van der Waals surface area contributed by atoms with Crippen LogP contribution in [0.5, 0.6) is 0 Å².